The molecule has 104 valence electrons. The van der Waals surface area contributed by atoms with E-state index >= 15 is 0 Å². The first kappa shape index (κ1) is 16.9. The largest absolute Gasteiger partial charge is 0.300 e. The lowest BCUT2D eigenvalue weighted by atomic mass is 9.83. The summed E-state index contributed by atoms with van der Waals surface area (Å²) in [6.07, 6.45) is 2.87. The smallest absolute Gasteiger partial charge is 0.129 e. The van der Waals surface area contributed by atoms with E-state index in [9.17, 15) is 14.4 Å². The van der Waals surface area contributed by atoms with Gasteiger partial charge in [-0.2, -0.15) is 0 Å². The Hall–Kier alpha value is -1.07. The molecule has 0 fully saturated rings. The number of Topliss-reactive ketones (excluding diaryl/α,β-unsaturated/α-hetero) is 3. The van der Waals surface area contributed by atoms with Gasteiger partial charge < -0.3 is 14.4 Å². The van der Waals surface area contributed by atoms with Crippen LogP contribution in [0.4, 0.5) is 0 Å². The maximum atomic E-state index is 11.1. The average Bonchev–Trinajstić information content (AvgIpc) is 2.28. The van der Waals surface area contributed by atoms with Crippen molar-refractivity contribution in [2.75, 3.05) is 0 Å². The Morgan fingerprint density at radius 1 is 0.833 bits per heavy atom. The molecule has 0 radical (unpaired) electrons. The molecule has 0 saturated carbocycles. The summed E-state index contributed by atoms with van der Waals surface area (Å²) < 4.78 is 0. The van der Waals surface area contributed by atoms with Gasteiger partial charge in [-0.25, -0.2) is 0 Å². The molecule has 0 aromatic rings. The van der Waals surface area contributed by atoms with Crippen LogP contribution in [0.1, 0.15) is 59.3 Å². The molecular weight excluding hydrogens is 232 g/mol. The molecule has 0 atom stereocenters. The zero-order chi connectivity index (χ0) is 14.2. The van der Waals surface area contributed by atoms with E-state index in [1.807, 2.05) is 0 Å². The van der Waals surface area contributed by atoms with Crippen LogP contribution in [-0.2, 0) is 14.4 Å². The molecule has 0 aliphatic heterocycles. The van der Waals surface area contributed by atoms with Crippen LogP contribution in [0.2, 0.25) is 0 Å². The summed E-state index contributed by atoms with van der Waals surface area (Å²) in [5.74, 6) is 5.83. The van der Waals surface area contributed by atoms with Crippen molar-refractivity contribution in [2.24, 2.45) is 5.84 Å². The van der Waals surface area contributed by atoms with E-state index in [-0.39, 0.29) is 17.3 Å². The van der Waals surface area contributed by atoms with Gasteiger partial charge in [-0.05, 0) is 40.0 Å². The van der Waals surface area contributed by atoms with E-state index in [0.29, 0.717) is 38.5 Å². The van der Waals surface area contributed by atoms with E-state index in [0.717, 1.165) is 0 Å². The van der Waals surface area contributed by atoms with Crippen LogP contribution < -0.4 is 11.3 Å². The van der Waals surface area contributed by atoms with Crippen LogP contribution in [0, 0.1) is 0 Å². The van der Waals surface area contributed by atoms with Crippen molar-refractivity contribution in [1.29, 1.82) is 0 Å². The first-order chi connectivity index (χ1) is 8.31. The van der Waals surface area contributed by atoms with E-state index < -0.39 is 5.54 Å². The maximum absolute atomic E-state index is 11.1. The van der Waals surface area contributed by atoms with Crippen molar-refractivity contribution in [1.82, 2.24) is 5.43 Å². The Bertz CT molecular complexity index is 268. The summed E-state index contributed by atoms with van der Waals surface area (Å²) in [6, 6.07) is 0. The van der Waals surface area contributed by atoms with Gasteiger partial charge in [0, 0.05) is 24.8 Å². The SMILES string of the molecule is CC(=O)CCC(CCC(C)=O)(CCC(C)=O)NN. The van der Waals surface area contributed by atoms with Crippen LogP contribution in [0.5, 0.6) is 0 Å². The summed E-state index contributed by atoms with van der Waals surface area (Å²) in [7, 11) is 0. The third kappa shape index (κ3) is 7.29. The molecule has 0 aliphatic rings. The van der Waals surface area contributed by atoms with Gasteiger partial charge in [0.15, 0.2) is 0 Å². The molecule has 5 heteroatoms. The molecule has 0 aromatic carbocycles. The van der Waals surface area contributed by atoms with Gasteiger partial charge in [0.25, 0.3) is 0 Å². The van der Waals surface area contributed by atoms with Crippen molar-refractivity contribution in [3.8, 4) is 0 Å². The fraction of sp³-hybridized carbons (Fsp3) is 0.769. The van der Waals surface area contributed by atoms with E-state index in [1.54, 1.807) is 0 Å². The Labute approximate surface area is 108 Å². The van der Waals surface area contributed by atoms with Crippen molar-refractivity contribution in [3.05, 3.63) is 0 Å². The van der Waals surface area contributed by atoms with Crippen LogP contribution in [0.3, 0.4) is 0 Å². The normalized spacial score (nSPS) is 11.3. The van der Waals surface area contributed by atoms with Crippen LogP contribution >= 0.6 is 0 Å². The number of nitrogens with two attached hydrogens (primary N) is 1. The van der Waals surface area contributed by atoms with Crippen LogP contribution in [0.15, 0.2) is 0 Å². The number of rotatable bonds is 10. The molecule has 0 aliphatic carbocycles. The summed E-state index contributed by atoms with van der Waals surface area (Å²) in [5, 5.41) is 0. The van der Waals surface area contributed by atoms with Gasteiger partial charge in [-0.1, -0.05) is 0 Å². The molecule has 0 aromatic heterocycles. The molecule has 5 nitrogen and oxygen atoms in total. The molecular formula is C13H24N2O3. The summed E-state index contributed by atoms with van der Waals surface area (Å²) >= 11 is 0. The minimum absolute atomic E-state index is 0.0836. The zero-order valence-corrected chi connectivity index (χ0v) is 11.5. The van der Waals surface area contributed by atoms with Gasteiger partial charge in [-0.3, -0.25) is 11.3 Å². The molecule has 0 unspecified atom stereocenters. The monoisotopic (exact) mass is 256 g/mol. The molecule has 0 amide bonds. The second-order valence-corrected chi connectivity index (χ2v) is 5.03. The predicted octanol–water partition coefficient (Wildman–Crippen LogP) is 1.30. The second kappa shape index (κ2) is 8.11. The van der Waals surface area contributed by atoms with Crippen LogP contribution in [0.25, 0.3) is 0 Å². The maximum Gasteiger partial charge on any atom is 0.129 e. The fourth-order valence-electron chi connectivity index (χ4n) is 1.84. The summed E-state index contributed by atoms with van der Waals surface area (Å²) in [5.41, 5.74) is 2.23. The lowest BCUT2D eigenvalue weighted by Crippen LogP contribution is -2.50. The van der Waals surface area contributed by atoms with Crippen LogP contribution in [-0.4, -0.2) is 22.9 Å². The molecule has 18 heavy (non-hydrogen) atoms. The van der Waals surface area contributed by atoms with E-state index in [4.69, 9.17) is 5.84 Å². The third-order valence-corrected chi connectivity index (χ3v) is 3.17. The second-order valence-electron chi connectivity index (χ2n) is 5.03. The Kier molecular flexibility index (Phi) is 7.62. The highest BCUT2D eigenvalue weighted by Crippen LogP contribution is 2.25. The van der Waals surface area contributed by atoms with Gasteiger partial charge >= 0.3 is 0 Å². The Morgan fingerprint density at radius 3 is 1.28 bits per heavy atom. The number of carbonyl (C=O) groups excluding carboxylic acids is 3. The fourth-order valence-corrected chi connectivity index (χ4v) is 1.84. The van der Waals surface area contributed by atoms with Gasteiger partial charge in [-0.15, -0.1) is 0 Å². The number of hydrogen-bond acceptors (Lipinski definition) is 5. The first-order valence-electron chi connectivity index (χ1n) is 6.27. The summed E-state index contributed by atoms with van der Waals surface area (Å²) in [6.45, 7) is 4.58. The molecule has 0 bridgehead atoms. The third-order valence-electron chi connectivity index (χ3n) is 3.17. The highest BCUT2D eigenvalue weighted by Gasteiger charge is 2.29. The number of nitrogens with one attached hydrogen (secondary N) is 1. The van der Waals surface area contributed by atoms with Crippen molar-refractivity contribution >= 4 is 17.3 Å². The number of carbonyl (C=O) groups is 3. The van der Waals surface area contributed by atoms with E-state index in [2.05, 4.69) is 5.43 Å². The first-order valence-corrected chi connectivity index (χ1v) is 6.27. The van der Waals surface area contributed by atoms with E-state index in [1.165, 1.54) is 20.8 Å². The Balaban J connectivity index is 4.63. The van der Waals surface area contributed by atoms with Crippen molar-refractivity contribution < 1.29 is 14.4 Å². The lowest BCUT2D eigenvalue weighted by Gasteiger charge is -2.32. The number of hydrogen-bond donors (Lipinski definition) is 2. The number of hydrazine groups is 1. The number of ketones is 3. The lowest BCUT2D eigenvalue weighted by molar-refractivity contribution is -0.117. The zero-order valence-electron chi connectivity index (χ0n) is 11.5. The highest BCUT2D eigenvalue weighted by molar-refractivity contribution is 5.77. The van der Waals surface area contributed by atoms with Gasteiger partial charge in [0.2, 0.25) is 0 Å². The topological polar surface area (TPSA) is 89.3 Å². The molecule has 0 spiro atoms. The Morgan fingerprint density at radius 2 is 1.11 bits per heavy atom. The highest BCUT2D eigenvalue weighted by atomic mass is 16.1. The minimum Gasteiger partial charge on any atom is -0.300 e. The molecule has 3 N–H and O–H groups in total. The summed E-state index contributed by atoms with van der Waals surface area (Å²) in [4.78, 5) is 33.2. The van der Waals surface area contributed by atoms with Crippen molar-refractivity contribution in [3.63, 3.8) is 0 Å². The molecule has 0 saturated heterocycles. The minimum atomic E-state index is -0.497. The molecule has 0 rings (SSSR count). The van der Waals surface area contributed by atoms with Gasteiger partial charge in [0.1, 0.15) is 17.3 Å². The van der Waals surface area contributed by atoms with Gasteiger partial charge in [0.05, 0.1) is 0 Å². The predicted molar refractivity (Wildman–Crippen MR) is 69.8 cm³/mol. The van der Waals surface area contributed by atoms with Crippen molar-refractivity contribution in [2.45, 2.75) is 64.8 Å². The average molecular weight is 256 g/mol. The standard InChI is InChI=1S/C13H24N2O3/c1-10(16)4-7-13(15-14,8-5-11(2)17)9-6-12(3)18/h15H,4-9,14H2,1-3H3. The quantitative estimate of drug-likeness (QED) is 0.454. The molecule has 0 heterocycles.